The minimum atomic E-state index is -3.69. The molecule has 0 radical (unpaired) electrons. The maximum absolute atomic E-state index is 12.9. The third kappa shape index (κ3) is 3.33. The zero-order valence-corrected chi connectivity index (χ0v) is 17.9. The van der Waals surface area contributed by atoms with Crippen molar-refractivity contribution in [1.82, 2.24) is 5.32 Å². The van der Waals surface area contributed by atoms with Crippen LogP contribution in [-0.2, 0) is 10.0 Å². The molecule has 4 rings (SSSR count). The number of hydrogen-bond acceptors (Lipinski definition) is 3. The van der Waals surface area contributed by atoms with Crippen molar-refractivity contribution in [2.24, 2.45) is 16.7 Å². The van der Waals surface area contributed by atoms with Crippen molar-refractivity contribution in [2.45, 2.75) is 51.0 Å². The number of benzene rings is 2. The topological polar surface area (TPSA) is 75.3 Å². The fourth-order valence-electron chi connectivity index (χ4n) is 5.20. The van der Waals surface area contributed by atoms with Gasteiger partial charge in [-0.1, -0.05) is 45.0 Å². The van der Waals surface area contributed by atoms with E-state index in [9.17, 15) is 13.2 Å². The highest BCUT2D eigenvalue weighted by Crippen LogP contribution is 2.65. The molecule has 154 valence electrons. The Hall–Kier alpha value is -2.34. The Labute approximate surface area is 173 Å². The predicted molar refractivity (Wildman–Crippen MR) is 114 cm³/mol. The van der Waals surface area contributed by atoms with Crippen molar-refractivity contribution in [3.05, 3.63) is 60.2 Å². The van der Waals surface area contributed by atoms with Gasteiger partial charge in [0.15, 0.2) is 0 Å². The minimum Gasteiger partial charge on any atom is -0.349 e. The molecular weight excluding hydrogens is 384 g/mol. The van der Waals surface area contributed by atoms with Gasteiger partial charge in [-0.15, -0.1) is 0 Å². The molecule has 3 atom stereocenters. The number of carbonyl (C=O) groups is 1. The third-order valence-electron chi connectivity index (χ3n) is 7.53. The highest BCUT2D eigenvalue weighted by Gasteiger charge is 2.61. The van der Waals surface area contributed by atoms with Crippen molar-refractivity contribution in [2.75, 3.05) is 4.72 Å². The molecule has 2 aromatic carbocycles. The Morgan fingerprint density at radius 2 is 1.76 bits per heavy atom. The van der Waals surface area contributed by atoms with Crippen LogP contribution in [0.5, 0.6) is 0 Å². The molecule has 6 heteroatoms. The Morgan fingerprint density at radius 3 is 2.38 bits per heavy atom. The standard InChI is InChI=1S/C23H28N2O3S/c1-22(2)17-12-13-23(22,3)20(15-17)24-21(26)16-8-7-9-18(14-16)25-29(27,28)19-10-5-4-6-11-19/h4-11,14,17,20,25H,12-13,15H2,1-3H3,(H,24,26). The van der Waals surface area contributed by atoms with Crippen LogP contribution in [0.15, 0.2) is 59.5 Å². The number of amides is 1. The molecule has 2 bridgehead atoms. The largest absolute Gasteiger partial charge is 0.349 e. The molecule has 2 fully saturated rings. The zero-order valence-electron chi connectivity index (χ0n) is 17.1. The molecule has 2 aliphatic carbocycles. The van der Waals surface area contributed by atoms with Crippen molar-refractivity contribution in [3.8, 4) is 0 Å². The summed E-state index contributed by atoms with van der Waals surface area (Å²) < 4.78 is 27.7. The molecule has 0 saturated heterocycles. The molecule has 0 aromatic heterocycles. The molecular formula is C23H28N2O3S. The van der Waals surface area contributed by atoms with Crippen LogP contribution in [0, 0.1) is 16.7 Å². The van der Waals surface area contributed by atoms with E-state index in [-0.39, 0.29) is 27.7 Å². The predicted octanol–water partition coefficient (Wildman–Crippen LogP) is 4.43. The first-order chi connectivity index (χ1) is 13.6. The van der Waals surface area contributed by atoms with Crippen LogP contribution >= 0.6 is 0 Å². The van der Waals surface area contributed by atoms with Crippen LogP contribution in [0.2, 0.25) is 0 Å². The molecule has 2 saturated carbocycles. The van der Waals surface area contributed by atoms with Gasteiger partial charge in [-0.25, -0.2) is 8.42 Å². The van der Waals surface area contributed by atoms with E-state index >= 15 is 0 Å². The van der Waals surface area contributed by atoms with Gasteiger partial charge in [-0.3, -0.25) is 9.52 Å². The molecule has 5 nitrogen and oxygen atoms in total. The lowest BCUT2D eigenvalue weighted by Crippen LogP contribution is -2.46. The van der Waals surface area contributed by atoms with Gasteiger partial charge >= 0.3 is 0 Å². The van der Waals surface area contributed by atoms with Crippen LogP contribution in [-0.4, -0.2) is 20.4 Å². The van der Waals surface area contributed by atoms with Gasteiger partial charge in [0.1, 0.15) is 0 Å². The van der Waals surface area contributed by atoms with Gasteiger partial charge in [0.2, 0.25) is 0 Å². The van der Waals surface area contributed by atoms with Crippen molar-refractivity contribution in [3.63, 3.8) is 0 Å². The summed E-state index contributed by atoms with van der Waals surface area (Å²) >= 11 is 0. The summed E-state index contributed by atoms with van der Waals surface area (Å²) in [6.07, 6.45) is 3.37. The number of fused-ring (bicyclic) bond motifs is 2. The van der Waals surface area contributed by atoms with Gasteiger partial charge in [-0.05, 0) is 66.3 Å². The number of anilines is 1. The van der Waals surface area contributed by atoms with Gasteiger partial charge in [-0.2, -0.15) is 0 Å². The first kappa shape index (κ1) is 20.0. The molecule has 3 unspecified atom stereocenters. The third-order valence-corrected chi connectivity index (χ3v) is 8.93. The molecule has 29 heavy (non-hydrogen) atoms. The summed E-state index contributed by atoms with van der Waals surface area (Å²) in [5.74, 6) is 0.488. The maximum atomic E-state index is 12.9. The van der Waals surface area contributed by atoms with E-state index in [0.29, 0.717) is 17.2 Å². The van der Waals surface area contributed by atoms with E-state index in [1.165, 1.54) is 18.6 Å². The maximum Gasteiger partial charge on any atom is 0.261 e. The second-order valence-electron chi connectivity index (χ2n) is 9.14. The number of hydrogen-bond donors (Lipinski definition) is 2. The summed E-state index contributed by atoms with van der Waals surface area (Å²) in [4.78, 5) is 13.1. The SMILES string of the molecule is CC1(C)C2CCC1(C)C(NC(=O)c1cccc(NS(=O)(=O)c3ccccc3)c1)C2. The van der Waals surface area contributed by atoms with Gasteiger partial charge in [0, 0.05) is 17.3 Å². The molecule has 2 aliphatic rings. The molecule has 0 aliphatic heterocycles. The Kier molecular flexibility index (Phi) is 4.73. The van der Waals surface area contributed by atoms with E-state index in [1.54, 1.807) is 42.5 Å². The number of carbonyl (C=O) groups excluding carboxylic acids is 1. The molecule has 0 spiro atoms. The Bertz CT molecular complexity index is 1030. The summed E-state index contributed by atoms with van der Waals surface area (Å²) in [5.41, 5.74) is 1.15. The lowest BCUT2D eigenvalue weighted by atomic mass is 9.69. The smallest absolute Gasteiger partial charge is 0.261 e. The van der Waals surface area contributed by atoms with Crippen LogP contribution in [0.1, 0.15) is 50.4 Å². The van der Waals surface area contributed by atoms with E-state index in [0.717, 1.165) is 12.8 Å². The molecule has 1 amide bonds. The number of nitrogens with one attached hydrogen (secondary N) is 2. The summed E-state index contributed by atoms with van der Waals surface area (Å²) in [6.45, 7) is 6.92. The van der Waals surface area contributed by atoms with Crippen LogP contribution in [0.4, 0.5) is 5.69 Å². The lowest BCUT2D eigenvalue weighted by molar-refractivity contribution is 0.0826. The molecule has 2 N–H and O–H groups in total. The number of sulfonamides is 1. The molecule has 2 aromatic rings. The average Bonchev–Trinajstić information content (AvgIpc) is 3.02. The zero-order chi connectivity index (χ0) is 20.9. The van der Waals surface area contributed by atoms with Gasteiger partial charge in [0.05, 0.1) is 4.90 Å². The van der Waals surface area contributed by atoms with Gasteiger partial charge in [0.25, 0.3) is 15.9 Å². The van der Waals surface area contributed by atoms with E-state index in [4.69, 9.17) is 0 Å². The highest BCUT2D eigenvalue weighted by molar-refractivity contribution is 7.92. The Balaban J connectivity index is 1.50. The first-order valence-electron chi connectivity index (χ1n) is 10.1. The minimum absolute atomic E-state index is 0.0971. The van der Waals surface area contributed by atoms with Crippen LogP contribution in [0.3, 0.4) is 0 Å². The van der Waals surface area contributed by atoms with E-state index < -0.39 is 10.0 Å². The van der Waals surface area contributed by atoms with E-state index in [2.05, 4.69) is 30.8 Å². The summed E-state index contributed by atoms with van der Waals surface area (Å²) in [6, 6.07) is 15.0. The molecule has 0 heterocycles. The quantitative estimate of drug-likeness (QED) is 0.763. The highest BCUT2D eigenvalue weighted by atomic mass is 32.2. The second-order valence-corrected chi connectivity index (χ2v) is 10.8. The summed E-state index contributed by atoms with van der Waals surface area (Å²) in [5, 5.41) is 3.23. The van der Waals surface area contributed by atoms with Crippen LogP contribution < -0.4 is 10.0 Å². The van der Waals surface area contributed by atoms with Gasteiger partial charge < -0.3 is 5.32 Å². The number of rotatable bonds is 5. The monoisotopic (exact) mass is 412 g/mol. The average molecular weight is 413 g/mol. The lowest BCUT2D eigenvalue weighted by Gasteiger charge is -2.39. The Morgan fingerprint density at radius 1 is 1.03 bits per heavy atom. The van der Waals surface area contributed by atoms with Crippen molar-refractivity contribution >= 4 is 21.6 Å². The summed E-state index contributed by atoms with van der Waals surface area (Å²) in [7, 11) is -3.69. The normalized spacial score (nSPS) is 27.6. The van der Waals surface area contributed by atoms with Crippen molar-refractivity contribution in [1.29, 1.82) is 0 Å². The first-order valence-corrected chi connectivity index (χ1v) is 11.6. The van der Waals surface area contributed by atoms with Crippen molar-refractivity contribution < 1.29 is 13.2 Å². The fraction of sp³-hybridized carbons (Fsp3) is 0.435. The van der Waals surface area contributed by atoms with E-state index in [1.807, 2.05) is 0 Å². The second kappa shape index (κ2) is 6.87. The fourth-order valence-corrected chi connectivity index (χ4v) is 6.27. The van der Waals surface area contributed by atoms with Crippen LogP contribution in [0.25, 0.3) is 0 Å².